The van der Waals surface area contributed by atoms with Crippen LogP contribution < -0.4 is 5.73 Å². The molecule has 4 heteroatoms. The molecule has 0 saturated heterocycles. The zero-order valence-corrected chi connectivity index (χ0v) is 10.6. The summed E-state index contributed by atoms with van der Waals surface area (Å²) in [5.41, 5.74) is 6.39. The Morgan fingerprint density at radius 1 is 1.39 bits per heavy atom. The number of halogens is 1. The fraction of sp³-hybridized carbons (Fsp3) is 0.500. The zero-order chi connectivity index (χ0) is 13.1. The third-order valence-corrected chi connectivity index (χ3v) is 3.77. The van der Waals surface area contributed by atoms with Gasteiger partial charge in [-0.15, -0.1) is 0 Å². The Hall–Kier alpha value is -1.42. The number of amides is 1. The van der Waals surface area contributed by atoms with Crippen LogP contribution in [0.3, 0.4) is 0 Å². The molecule has 3 nitrogen and oxygen atoms in total. The summed E-state index contributed by atoms with van der Waals surface area (Å²) < 4.78 is 12.9. The lowest BCUT2D eigenvalue weighted by molar-refractivity contribution is -0.119. The molecule has 98 valence electrons. The van der Waals surface area contributed by atoms with Crippen molar-refractivity contribution in [1.82, 2.24) is 4.90 Å². The number of hydrogen-bond donors (Lipinski definition) is 1. The van der Waals surface area contributed by atoms with Gasteiger partial charge in [-0.25, -0.2) is 4.39 Å². The second kappa shape index (κ2) is 5.48. The first-order chi connectivity index (χ1) is 8.56. The molecule has 18 heavy (non-hydrogen) atoms. The SMILES string of the molecule is CN(CC(N)=O)C1CCC(c2ccc(F)cc2)C1. The average molecular weight is 250 g/mol. The van der Waals surface area contributed by atoms with Crippen molar-refractivity contribution in [2.75, 3.05) is 13.6 Å². The minimum absolute atomic E-state index is 0.195. The van der Waals surface area contributed by atoms with Gasteiger partial charge in [0.15, 0.2) is 0 Å². The molecule has 0 spiro atoms. The molecule has 0 aromatic heterocycles. The monoisotopic (exact) mass is 250 g/mol. The number of nitrogens with two attached hydrogens (primary N) is 1. The van der Waals surface area contributed by atoms with Gasteiger partial charge in [-0.2, -0.15) is 0 Å². The molecule has 0 heterocycles. The Morgan fingerprint density at radius 2 is 2.06 bits per heavy atom. The van der Waals surface area contributed by atoms with Crippen LogP contribution in [0.2, 0.25) is 0 Å². The third kappa shape index (κ3) is 3.07. The largest absolute Gasteiger partial charge is 0.369 e. The molecule has 1 aromatic carbocycles. The van der Waals surface area contributed by atoms with Crippen LogP contribution in [-0.2, 0) is 4.79 Å². The van der Waals surface area contributed by atoms with Crippen LogP contribution in [0.5, 0.6) is 0 Å². The molecule has 0 radical (unpaired) electrons. The minimum atomic E-state index is -0.289. The summed E-state index contributed by atoms with van der Waals surface area (Å²) >= 11 is 0. The number of carbonyl (C=O) groups is 1. The molecular formula is C14H19FN2O. The van der Waals surface area contributed by atoms with Crippen molar-refractivity contribution in [3.63, 3.8) is 0 Å². The van der Waals surface area contributed by atoms with Crippen LogP contribution in [-0.4, -0.2) is 30.4 Å². The zero-order valence-electron chi connectivity index (χ0n) is 10.6. The number of nitrogens with zero attached hydrogens (tertiary/aromatic N) is 1. The summed E-state index contributed by atoms with van der Waals surface area (Å²) in [5.74, 6) is -0.0206. The van der Waals surface area contributed by atoms with Gasteiger partial charge in [0.25, 0.3) is 0 Å². The van der Waals surface area contributed by atoms with Crippen molar-refractivity contribution in [1.29, 1.82) is 0 Å². The van der Waals surface area contributed by atoms with Crippen molar-refractivity contribution < 1.29 is 9.18 Å². The number of carbonyl (C=O) groups excluding carboxylic acids is 1. The summed E-state index contributed by atoms with van der Waals surface area (Å²) in [6.45, 7) is 0.306. The summed E-state index contributed by atoms with van der Waals surface area (Å²) in [5, 5.41) is 0. The molecule has 1 aromatic rings. The van der Waals surface area contributed by atoms with Gasteiger partial charge in [-0.05, 0) is 49.9 Å². The first-order valence-corrected chi connectivity index (χ1v) is 6.30. The molecule has 2 unspecified atom stereocenters. The van der Waals surface area contributed by atoms with Crippen LogP contribution >= 0.6 is 0 Å². The quantitative estimate of drug-likeness (QED) is 0.887. The van der Waals surface area contributed by atoms with Crippen LogP contribution in [0.15, 0.2) is 24.3 Å². The lowest BCUT2D eigenvalue weighted by Crippen LogP contribution is -2.37. The van der Waals surface area contributed by atoms with E-state index in [4.69, 9.17) is 5.73 Å². The van der Waals surface area contributed by atoms with Crippen molar-refractivity contribution in [2.24, 2.45) is 5.73 Å². The number of hydrogen-bond acceptors (Lipinski definition) is 2. The number of rotatable bonds is 4. The van der Waals surface area contributed by atoms with E-state index in [0.717, 1.165) is 19.3 Å². The molecule has 1 fully saturated rings. The van der Waals surface area contributed by atoms with Gasteiger partial charge in [0.1, 0.15) is 5.82 Å². The maximum Gasteiger partial charge on any atom is 0.231 e. The highest BCUT2D eigenvalue weighted by molar-refractivity contribution is 5.75. The van der Waals surface area contributed by atoms with E-state index >= 15 is 0 Å². The van der Waals surface area contributed by atoms with Crippen molar-refractivity contribution in [2.45, 2.75) is 31.2 Å². The maximum absolute atomic E-state index is 12.9. The van der Waals surface area contributed by atoms with Crippen molar-refractivity contribution in [3.05, 3.63) is 35.6 Å². The lowest BCUT2D eigenvalue weighted by atomic mass is 9.97. The summed E-state index contributed by atoms with van der Waals surface area (Å²) in [6, 6.07) is 7.13. The Labute approximate surface area is 107 Å². The van der Waals surface area contributed by atoms with E-state index in [1.54, 1.807) is 0 Å². The third-order valence-electron chi connectivity index (χ3n) is 3.77. The van der Waals surface area contributed by atoms with Crippen LogP contribution in [0.1, 0.15) is 30.7 Å². The molecule has 2 atom stereocenters. The number of likely N-dealkylation sites (N-methyl/N-ethyl adjacent to an activating group) is 1. The fourth-order valence-corrected chi connectivity index (χ4v) is 2.77. The van der Waals surface area contributed by atoms with Gasteiger partial charge < -0.3 is 5.73 Å². The van der Waals surface area contributed by atoms with Crippen LogP contribution in [0.4, 0.5) is 4.39 Å². The van der Waals surface area contributed by atoms with Crippen LogP contribution in [0.25, 0.3) is 0 Å². The highest BCUT2D eigenvalue weighted by Gasteiger charge is 2.28. The first-order valence-electron chi connectivity index (χ1n) is 6.30. The van der Waals surface area contributed by atoms with Gasteiger partial charge >= 0.3 is 0 Å². The van der Waals surface area contributed by atoms with E-state index in [9.17, 15) is 9.18 Å². The second-order valence-corrected chi connectivity index (χ2v) is 5.10. The van der Waals surface area contributed by atoms with E-state index in [1.165, 1.54) is 17.7 Å². The molecule has 1 saturated carbocycles. The molecular weight excluding hydrogens is 231 g/mol. The van der Waals surface area contributed by atoms with E-state index in [2.05, 4.69) is 0 Å². The highest BCUT2D eigenvalue weighted by atomic mass is 19.1. The van der Waals surface area contributed by atoms with E-state index in [1.807, 2.05) is 24.1 Å². The van der Waals surface area contributed by atoms with Gasteiger partial charge in [-0.3, -0.25) is 9.69 Å². The molecule has 0 bridgehead atoms. The van der Waals surface area contributed by atoms with Crippen LogP contribution in [0, 0.1) is 5.82 Å². The molecule has 2 N–H and O–H groups in total. The second-order valence-electron chi connectivity index (χ2n) is 5.10. The normalized spacial score (nSPS) is 23.5. The molecule has 1 aliphatic rings. The number of primary amides is 1. The summed E-state index contributed by atoms with van der Waals surface area (Å²) in [7, 11) is 1.93. The molecule has 2 rings (SSSR count). The maximum atomic E-state index is 12.9. The minimum Gasteiger partial charge on any atom is -0.369 e. The standard InChI is InChI=1S/C14H19FN2O/c1-17(9-14(16)18)13-7-4-11(8-13)10-2-5-12(15)6-3-10/h2-3,5-6,11,13H,4,7-9H2,1H3,(H2,16,18). The number of benzene rings is 1. The smallest absolute Gasteiger partial charge is 0.231 e. The van der Waals surface area contributed by atoms with Gasteiger partial charge in [-0.1, -0.05) is 12.1 Å². The van der Waals surface area contributed by atoms with Gasteiger partial charge in [0.2, 0.25) is 5.91 Å². The Balaban J connectivity index is 1.95. The van der Waals surface area contributed by atoms with E-state index in [0.29, 0.717) is 18.5 Å². The van der Waals surface area contributed by atoms with Gasteiger partial charge in [0, 0.05) is 6.04 Å². The first kappa shape index (κ1) is 13.0. The Kier molecular flexibility index (Phi) is 3.97. The molecule has 0 aliphatic heterocycles. The summed E-state index contributed by atoms with van der Waals surface area (Å²) in [4.78, 5) is 12.9. The fourth-order valence-electron chi connectivity index (χ4n) is 2.77. The van der Waals surface area contributed by atoms with Crippen molar-refractivity contribution in [3.8, 4) is 0 Å². The Bertz CT molecular complexity index is 418. The lowest BCUT2D eigenvalue weighted by Gasteiger charge is -2.22. The topological polar surface area (TPSA) is 46.3 Å². The van der Waals surface area contributed by atoms with E-state index in [-0.39, 0.29) is 11.7 Å². The highest BCUT2D eigenvalue weighted by Crippen LogP contribution is 2.36. The molecule has 1 amide bonds. The summed E-state index contributed by atoms with van der Waals surface area (Å²) in [6.07, 6.45) is 3.15. The van der Waals surface area contributed by atoms with Gasteiger partial charge in [0.05, 0.1) is 6.54 Å². The Morgan fingerprint density at radius 3 is 2.67 bits per heavy atom. The van der Waals surface area contributed by atoms with E-state index < -0.39 is 0 Å². The predicted molar refractivity (Wildman–Crippen MR) is 68.6 cm³/mol. The van der Waals surface area contributed by atoms with Crippen molar-refractivity contribution >= 4 is 5.91 Å². The average Bonchev–Trinajstić information content (AvgIpc) is 2.78. The molecule has 1 aliphatic carbocycles. The predicted octanol–water partition coefficient (Wildman–Crippen LogP) is 1.88.